The van der Waals surface area contributed by atoms with Gasteiger partial charge in [-0.2, -0.15) is 0 Å². The average Bonchev–Trinajstić information content (AvgIpc) is 3.31. The molecule has 2 heterocycles. The SMILES string of the molecule is CCc1ccc(N2C(=O)[C@@H]3[C@H](ON(c4ccccc4)[C@H]3c3ccccc3)C2=O)cc1. The minimum absolute atomic E-state index is 0.221. The molecule has 0 aromatic heterocycles. The third kappa shape index (κ3) is 2.90. The van der Waals surface area contributed by atoms with Crippen molar-refractivity contribution in [1.82, 2.24) is 0 Å². The first-order valence-electron chi connectivity index (χ1n) is 10.2. The van der Waals surface area contributed by atoms with E-state index in [-0.39, 0.29) is 17.9 Å². The fourth-order valence-corrected chi connectivity index (χ4v) is 4.34. The summed E-state index contributed by atoms with van der Waals surface area (Å²) in [5.74, 6) is -1.14. The minimum Gasteiger partial charge on any atom is -0.273 e. The zero-order valence-electron chi connectivity index (χ0n) is 16.6. The van der Waals surface area contributed by atoms with Crippen LogP contribution in [0.1, 0.15) is 24.1 Å². The summed E-state index contributed by atoms with van der Waals surface area (Å²) < 4.78 is 0. The normalized spacial score (nSPS) is 23.2. The van der Waals surface area contributed by atoms with Gasteiger partial charge in [-0.15, -0.1) is 0 Å². The van der Waals surface area contributed by atoms with Gasteiger partial charge in [-0.25, -0.2) is 9.96 Å². The molecule has 3 aromatic carbocycles. The number of benzene rings is 3. The average molecular weight is 398 g/mol. The summed E-state index contributed by atoms with van der Waals surface area (Å²) in [7, 11) is 0. The van der Waals surface area contributed by atoms with E-state index in [4.69, 9.17) is 4.84 Å². The molecule has 2 amide bonds. The molecule has 0 spiro atoms. The number of para-hydroxylation sites is 1. The molecule has 5 nitrogen and oxygen atoms in total. The molecule has 2 saturated heterocycles. The molecular weight excluding hydrogens is 376 g/mol. The Morgan fingerprint density at radius 2 is 1.40 bits per heavy atom. The van der Waals surface area contributed by atoms with E-state index in [2.05, 4.69) is 6.92 Å². The number of aryl methyl sites for hydroxylation is 1. The topological polar surface area (TPSA) is 49.9 Å². The number of imide groups is 1. The predicted molar refractivity (Wildman–Crippen MR) is 115 cm³/mol. The third-order valence-corrected chi connectivity index (χ3v) is 5.87. The molecule has 0 saturated carbocycles. The predicted octanol–water partition coefficient (Wildman–Crippen LogP) is 4.30. The lowest BCUT2D eigenvalue weighted by molar-refractivity contribution is -0.126. The van der Waals surface area contributed by atoms with Crippen molar-refractivity contribution < 1.29 is 14.4 Å². The van der Waals surface area contributed by atoms with E-state index < -0.39 is 12.0 Å². The second kappa shape index (κ2) is 7.43. The summed E-state index contributed by atoms with van der Waals surface area (Å²) >= 11 is 0. The fraction of sp³-hybridized carbons (Fsp3) is 0.200. The van der Waals surface area contributed by atoms with E-state index in [1.54, 1.807) is 5.06 Å². The van der Waals surface area contributed by atoms with Crippen LogP contribution in [0.3, 0.4) is 0 Å². The summed E-state index contributed by atoms with van der Waals surface area (Å²) in [6.07, 6.45) is 0.0623. The number of hydrogen-bond acceptors (Lipinski definition) is 4. The highest BCUT2D eigenvalue weighted by atomic mass is 16.7. The van der Waals surface area contributed by atoms with Crippen molar-refractivity contribution in [3.05, 3.63) is 96.1 Å². The van der Waals surface area contributed by atoms with Crippen molar-refractivity contribution in [3.63, 3.8) is 0 Å². The van der Waals surface area contributed by atoms with Crippen LogP contribution in [-0.4, -0.2) is 17.9 Å². The first-order chi connectivity index (χ1) is 14.7. The van der Waals surface area contributed by atoms with Crippen LogP contribution in [0.25, 0.3) is 0 Å². The lowest BCUT2D eigenvalue weighted by Gasteiger charge is -2.28. The number of hydroxylamine groups is 1. The molecule has 150 valence electrons. The molecule has 3 aromatic rings. The van der Waals surface area contributed by atoms with Crippen molar-refractivity contribution in [2.24, 2.45) is 5.92 Å². The molecule has 0 N–H and O–H groups in total. The molecule has 5 heteroatoms. The number of anilines is 2. The van der Waals surface area contributed by atoms with Crippen molar-refractivity contribution in [1.29, 1.82) is 0 Å². The summed E-state index contributed by atoms with van der Waals surface area (Å²) in [5, 5.41) is 1.72. The number of fused-ring (bicyclic) bond motifs is 1. The van der Waals surface area contributed by atoms with Crippen molar-refractivity contribution in [3.8, 4) is 0 Å². The van der Waals surface area contributed by atoms with E-state index in [1.165, 1.54) is 4.90 Å². The number of carbonyl (C=O) groups is 2. The first-order valence-corrected chi connectivity index (χ1v) is 10.2. The zero-order valence-corrected chi connectivity index (χ0v) is 16.6. The Labute approximate surface area is 175 Å². The van der Waals surface area contributed by atoms with Gasteiger partial charge in [0.15, 0.2) is 6.10 Å². The van der Waals surface area contributed by atoms with Gasteiger partial charge in [-0.05, 0) is 41.8 Å². The summed E-state index contributed by atoms with van der Waals surface area (Å²) in [5.41, 5.74) is 3.52. The summed E-state index contributed by atoms with van der Waals surface area (Å²) in [6, 6.07) is 26.6. The zero-order chi connectivity index (χ0) is 20.7. The van der Waals surface area contributed by atoms with E-state index in [0.29, 0.717) is 5.69 Å². The number of nitrogens with zero attached hydrogens (tertiary/aromatic N) is 2. The number of rotatable bonds is 4. The van der Waals surface area contributed by atoms with Crippen molar-refractivity contribution >= 4 is 23.2 Å². The Kier molecular flexibility index (Phi) is 4.60. The van der Waals surface area contributed by atoms with Crippen LogP contribution in [0.15, 0.2) is 84.9 Å². The lowest BCUT2D eigenvalue weighted by Crippen LogP contribution is -2.37. The maximum atomic E-state index is 13.5. The van der Waals surface area contributed by atoms with Gasteiger partial charge in [0.25, 0.3) is 5.91 Å². The highest BCUT2D eigenvalue weighted by Gasteiger charge is 2.60. The van der Waals surface area contributed by atoms with Gasteiger partial charge in [0.05, 0.1) is 17.4 Å². The smallest absolute Gasteiger partial charge is 0.266 e. The van der Waals surface area contributed by atoms with Gasteiger partial charge >= 0.3 is 0 Å². The van der Waals surface area contributed by atoms with E-state index in [9.17, 15) is 9.59 Å². The maximum Gasteiger partial charge on any atom is 0.266 e. The molecule has 0 bridgehead atoms. The van der Waals surface area contributed by atoms with Crippen LogP contribution >= 0.6 is 0 Å². The van der Waals surface area contributed by atoms with Crippen molar-refractivity contribution in [2.75, 3.05) is 9.96 Å². The monoisotopic (exact) mass is 398 g/mol. The quantitative estimate of drug-likeness (QED) is 0.615. The Hall–Kier alpha value is -3.44. The van der Waals surface area contributed by atoms with Crippen LogP contribution in [0, 0.1) is 5.92 Å². The molecule has 2 aliphatic heterocycles. The molecule has 2 fully saturated rings. The van der Waals surface area contributed by atoms with Gasteiger partial charge in [0.2, 0.25) is 5.91 Å². The molecule has 30 heavy (non-hydrogen) atoms. The van der Waals surface area contributed by atoms with Gasteiger partial charge in [0, 0.05) is 0 Å². The van der Waals surface area contributed by atoms with Crippen LogP contribution in [0.2, 0.25) is 0 Å². The second-order valence-corrected chi connectivity index (χ2v) is 7.60. The highest BCUT2D eigenvalue weighted by Crippen LogP contribution is 2.47. The third-order valence-electron chi connectivity index (χ3n) is 5.87. The van der Waals surface area contributed by atoms with Crippen LogP contribution < -0.4 is 9.96 Å². The van der Waals surface area contributed by atoms with E-state index >= 15 is 0 Å². The largest absolute Gasteiger partial charge is 0.273 e. The molecular formula is C25H22N2O3. The summed E-state index contributed by atoms with van der Waals surface area (Å²) in [6.45, 7) is 2.07. The van der Waals surface area contributed by atoms with Crippen molar-refractivity contribution in [2.45, 2.75) is 25.5 Å². The molecule has 0 radical (unpaired) electrons. The second-order valence-electron chi connectivity index (χ2n) is 7.60. The number of hydrogen-bond donors (Lipinski definition) is 0. The lowest BCUT2D eigenvalue weighted by atomic mass is 9.90. The molecule has 2 aliphatic rings. The van der Waals surface area contributed by atoms with E-state index in [1.807, 2.05) is 84.9 Å². The molecule has 3 atom stereocenters. The standard InChI is InChI=1S/C25H22N2O3/c1-2-17-13-15-19(16-14-17)26-24(28)21-22(18-9-5-3-6-10-18)27(30-23(21)25(26)29)20-11-7-4-8-12-20/h3-16,21-23H,2H2,1H3/t21-,22-,23-/m0/s1. The van der Waals surface area contributed by atoms with Gasteiger partial charge in [0.1, 0.15) is 5.92 Å². The number of carbonyl (C=O) groups excluding carboxylic acids is 2. The summed E-state index contributed by atoms with van der Waals surface area (Å²) in [4.78, 5) is 34.2. The Morgan fingerprint density at radius 1 is 0.767 bits per heavy atom. The van der Waals surface area contributed by atoms with E-state index in [0.717, 1.165) is 23.2 Å². The van der Waals surface area contributed by atoms with Crippen LogP contribution in [0.5, 0.6) is 0 Å². The molecule has 5 rings (SSSR count). The minimum atomic E-state index is -0.839. The fourth-order valence-electron chi connectivity index (χ4n) is 4.34. The van der Waals surface area contributed by atoms with Gasteiger partial charge in [-0.1, -0.05) is 67.6 Å². The Bertz CT molecular complexity index is 1070. The van der Waals surface area contributed by atoms with Crippen LogP contribution in [-0.2, 0) is 20.8 Å². The van der Waals surface area contributed by atoms with Gasteiger partial charge < -0.3 is 0 Å². The maximum absolute atomic E-state index is 13.5. The molecule has 0 aliphatic carbocycles. The Balaban J connectivity index is 1.55. The van der Waals surface area contributed by atoms with Crippen LogP contribution in [0.4, 0.5) is 11.4 Å². The molecule has 0 unspecified atom stereocenters. The number of amides is 2. The highest BCUT2D eigenvalue weighted by molar-refractivity contribution is 6.23. The van der Waals surface area contributed by atoms with Gasteiger partial charge in [-0.3, -0.25) is 14.4 Å². The Morgan fingerprint density at radius 3 is 2.03 bits per heavy atom. The first kappa shape index (κ1) is 18.6.